The van der Waals surface area contributed by atoms with Crippen LogP contribution in [-0.4, -0.2) is 67.3 Å². The van der Waals surface area contributed by atoms with Crippen molar-refractivity contribution in [2.75, 3.05) is 38.1 Å². The first-order valence-electron chi connectivity index (χ1n) is 9.16. The normalized spacial score (nSPS) is 18.6. The number of hydrogen-bond donors (Lipinski definition) is 1. The van der Waals surface area contributed by atoms with Gasteiger partial charge in [0.15, 0.2) is 0 Å². The summed E-state index contributed by atoms with van der Waals surface area (Å²) in [7, 11) is 2.11. The molecule has 0 radical (unpaired) electrons. The Morgan fingerprint density at radius 2 is 2.00 bits per heavy atom. The third-order valence-corrected chi connectivity index (χ3v) is 5.24. The van der Waals surface area contributed by atoms with Gasteiger partial charge in [-0.25, -0.2) is 0 Å². The number of fused-ring (bicyclic) bond motifs is 1. The number of hydrogen-bond acceptors (Lipinski definition) is 5. The Hall–Kier alpha value is -2.41. The number of carbonyl (C=O) groups is 3. The summed E-state index contributed by atoms with van der Waals surface area (Å²) in [6.07, 6.45) is 1.67. The number of benzene rings is 1. The first kappa shape index (κ1) is 18.4. The Morgan fingerprint density at radius 1 is 1.27 bits per heavy atom. The molecule has 1 atom stereocenters. The minimum absolute atomic E-state index is 0.129. The van der Waals surface area contributed by atoms with Crippen LogP contribution >= 0.6 is 0 Å². The minimum atomic E-state index is -0.614. The van der Waals surface area contributed by atoms with Crippen molar-refractivity contribution in [1.82, 2.24) is 15.1 Å². The smallest absolute Gasteiger partial charge is 0.255 e. The van der Waals surface area contributed by atoms with E-state index in [1.54, 1.807) is 4.90 Å². The number of nitrogens with one attached hydrogen (secondary N) is 1. The number of rotatable bonds is 6. The van der Waals surface area contributed by atoms with Gasteiger partial charge in [0.25, 0.3) is 5.91 Å². The summed E-state index contributed by atoms with van der Waals surface area (Å²) >= 11 is 0. The maximum absolute atomic E-state index is 12.9. The van der Waals surface area contributed by atoms with Crippen molar-refractivity contribution in [1.29, 1.82) is 0 Å². The molecule has 3 rings (SSSR count). The van der Waals surface area contributed by atoms with Crippen LogP contribution in [0.5, 0.6) is 0 Å². The van der Waals surface area contributed by atoms with E-state index in [0.29, 0.717) is 24.9 Å². The van der Waals surface area contributed by atoms with Crippen LogP contribution in [0.1, 0.15) is 35.7 Å². The second kappa shape index (κ2) is 7.86. The number of piperazine rings is 1. The Balaban J connectivity index is 1.80. The quantitative estimate of drug-likeness (QED) is 0.763. The zero-order chi connectivity index (χ0) is 18.7. The second-order valence-corrected chi connectivity index (χ2v) is 7.00. The maximum Gasteiger partial charge on any atom is 0.255 e. The first-order valence-corrected chi connectivity index (χ1v) is 9.16. The average Bonchev–Trinajstić information content (AvgIpc) is 2.96. The molecule has 0 bridgehead atoms. The molecule has 26 heavy (non-hydrogen) atoms. The van der Waals surface area contributed by atoms with Gasteiger partial charge in [0.2, 0.25) is 12.3 Å². The van der Waals surface area contributed by atoms with Crippen molar-refractivity contribution in [2.24, 2.45) is 0 Å². The van der Waals surface area contributed by atoms with E-state index in [1.165, 1.54) is 0 Å². The van der Waals surface area contributed by atoms with Gasteiger partial charge >= 0.3 is 0 Å². The highest BCUT2D eigenvalue weighted by Crippen LogP contribution is 2.30. The van der Waals surface area contributed by atoms with Crippen molar-refractivity contribution in [3.63, 3.8) is 0 Å². The number of carbonyl (C=O) groups excluding carboxylic acids is 3. The molecule has 0 spiro atoms. The van der Waals surface area contributed by atoms with E-state index >= 15 is 0 Å². The van der Waals surface area contributed by atoms with E-state index in [4.69, 9.17) is 0 Å². The molecule has 2 aliphatic heterocycles. The van der Waals surface area contributed by atoms with Crippen LogP contribution in [-0.2, 0) is 16.1 Å². The molecule has 0 saturated carbocycles. The van der Waals surface area contributed by atoms with Crippen LogP contribution in [0.3, 0.4) is 0 Å². The van der Waals surface area contributed by atoms with Crippen LogP contribution in [0, 0.1) is 0 Å². The summed E-state index contributed by atoms with van der Waals surface area (Å²) in [6, 6.07) is 5.38. The number of nitrogens with zero attached hydrogens (tertiary/aromatic N) is 3. The Morgan fingerprint density at radius 3 is 2.65 bits per heavy atom. The number of anilines is 1. The lowest BCUT2D eigenvalue weighted by atomic mass is 10.1. The van der Waals surface area contributed by atoms with Gasteiger partial charge in [-0.15, -0.1) is 0 Å². The summed E-state index contributed by atoms with van der Waals surface area (Å²) in [5.74, 6) is -0.544. The fourth-order valence-electron chi connectivity index (χ4n) is 3.68. The van der Waals surface area contributed by atoms with Crippen LogP contribution < -0.4 is 10.2 Å². The van der Waals surface area contributed by atoms with Gasteiger partial charge in [0.1, 0.15) is 6.04 Å². The average molecular weight is 358 g/mol. The van der Waals surface area contributed by atoms with Gasteiger partial charge in [-0.3, -0.25) is 19.7 Å². The standard InChI is InChI=1S/C19H26N4O3/c1-3-4-17(18(25)20-13-24)23-12-14-5-6-15(11-16(14)19(23)26)22-9-7-21(2)8-10-22/h5-6,11,13,17H,3-4,7-10,12H2,1-2H3,(H,20,24,25). The number of amides is 3. The lowest BCUT2D eigenvalue weighted by Crippen LogP contribution is -2.46. The lowest BCUT2D eigenvalue weighted by molar-refractivity contribution is -0.129. The molecule has 1 aromatic rings. The van der Waals surface area contributed by atoms with E-state index < -0.39 is 11.9 Å². The third-order valence-electron chi connectivity index (χ3n) is 5.24. The molecule has 2 aliphatic rings. The molecular weight excluding hydrogens is 332 g/mol. The predicted octanol–water partition coefficient (Wildman–Crippen LogP) is 0.836. The predicted molar refractivity (Wildman–Crippen MR) is 98.9 cm³/mol. The summed E-state index contributed by atoms with van der Waals surface area (Å²) < 4.78 is 0. The zero-order valence-corrected chi connectivity index (χ0v) is 15.4. The van der Waals surface area contributed by atoms with Gasteiger partial charge in [0, 0.05) is 44.0 Å². The van der Waals surface area contributed by atoms with Gasteiger partial charge in [-0.2, -0.15) is 0 Å². The molecule has 3 amide bonds. The molecule has 140 valence electrons. The highest BCUT2D eigenvalue weighted by atomic mass is 16.2. The summed E-state index contributed by atoms with van der Waals surface area (Å²) in [5, 5.41) is 2.20. The third kappa shape index (κ3) is 3.58. The molecule has 2 heterocycles. The van der Waals surface area contributed by atoms with Gasteiger partial charge in [-0.1, -0.05) is 19.4 Å². The van der Waals surface area contributed by atoms with Crippen molar-refractivity contribution in [3.05, 3.63) is 29.3 Å². The van der Waals surface area contributed by atoms with Crippen LogP contribution in [0.15, 0.2) is 18.2 Å². The summed E-state index contributed by atoms with van der Waals surface area (Å²) in [6.45, 7) is 6.25. The largest absolute Gasteiger partial charge is 0.369 e. The molecule has 7 heteroatoms. The minimum Gasteiger partial charge on any atom is -0.369 e. The molecule has 1 unspecified atom stereocenters. The van der Waals surface area contributed by atoms with Crippen molar-refractivity contribution >= 4 is 23.9 Å². The fraction of sp³-hybridized carbons (Fsp3) is 0.526. The molecule has 7 nitrogen and oxygen atoms in total. The molecule has 1 saturated heterocycles. The molecule has 0 aromatic heterocycles. The number of imide groups is 1. The van der Waals surface area contributed by atoms with Crippen molar-refractivity contribution in [3.8, 4) is 0 Å². The Bertz CT molecular complexity index is 698. The zero-order valence-electron chi connectivity index (χ0n) is 15.4. The van der Waals surface area contributed by atoms with E-state index in [2.05, 4.69) is 28.2 Å². The van der Waals surface area contributed by atoms with Gasteiger partial charge in [-0.05, 0) is 31.2 Å². The molecule has 1 N–H and O–H groups in total. The summed E-state index contributed by atoms with van der Waals surface area (Å²) in [4.78, 5) is 42.0. The second-order valence-electron chi connectivity index (χ2n) is 7.00. The SMILES string of the molecule is CCCC(C(=O)NC=O)N1Cc2ccc(N3CCN(C)CC3)cc2C1=O. The topological polar surface area (TPSA) is 73.0 Å². The highest BCUT2D eigenvalue weighted by Gasteiger charge is 2.36. The molecule has 1 fully saturated rings. The summed E-state index contributed by atoms with van der Waals surface area (Å²) in [5.41, 5.74) is 2.66. The van der Waals surface area contributed by atoms with E-state index in [0.717, 1.165) is 43.9 Å². The lowest BCUT2D eigenvalue weighted by Gasteiger charge is -2.34. The molecular formula is C19H26N4O3. The van der Waals surface area contributed by atoms with Crippen LogP contribution in [0.25, 0.3) is 0 Å². The van der Waals surface area contributed by atoms with Crippen LogP contribution in [0.2, 0.25) is 0 Å². The Labute approximate surface area is 153 Å². The first-order chi connectivity index (χ1) is 12.5. The fourth-order valence-corrected chi connectivity index (χ4v) is 3.68. The Kier molecular flexibility index (Phi) is 5.56. The van der Waals surface area contributed by atoms with E-state index in [1.807, 2.05) is 19.1 Å². The maximum atomic E-state index is 12.9. The van der Waals surface area contributed by atoms with Crippen molar-refractivity contribution < 1.29 is 14.4 Å². The van der Waals surface area contributed by atoms with E-state index in [-0.39, 0.29) is 5.91 Å². The van der Waals surface area contributed by atoms with E-state index in [9.17, 15) is 14.4 Å². The highest BCUT2D eigenvalue weighted by molar-refractivity contribution is 6.02. The van der Waals surface area contributed by atoms with Gasteiger partial charge in [0.05, 0.1) is 0 Å². The van der Waals surface area contributed by atoms with Crippen molar-refractivity contribution in [2.45, 2.75) is 32.4 Å². The van der Waals surface area contributed by atoms with Gasteiger partial charge < -0.3 is 14.7 Å². The number of likely N-dealkylation sites (N-methyl/N-ethyl adjacent to an activating group) is 1. The monoisotopic (exact) mass is 358 g/mol. The van der Waals surface area contributed by atoms with Crippen LogP contribution in [0.4, 0.5) is 5.69 Å². The molecule has 1 aromatic carbocycles. The molecule has 0 aliphatic carbocycles.